The van der Waals surface area contributed by atoms with Gasteiger partial charge in [0.2, 0.25) is 5.91 Å². The van der Waals surface area contributed by atoms with Gasteiger partial charge in [-0.2, -0.15) is 0 Å². The molecule has 2 aliphatic rings. The first-order valence-electron chi connectivity index (χ1n) is 9.28. The summed E-state index contributed by atoms with van der Waals surface area (Å²) < 4.78 is 13.5. The van der Waals surface area contributed by atoms with Crippen LogP contribution in [0.15, 0.2) is 53.6 Å². The Morgan fingerprint density at radius 2 is 2.15 bits per heavy atom. The largest absolute Gasteiger partial charge is 0.488 e. The lowest BCUT2D eigenvalue weighted by atomic mass is 9.89. The molecule has 4 rings (SSSR count). The van der Waals surface area contributed by atoms with Crippen LogP contribution in [0.5, 0.6) is 5.75 Å². The van der Waals surface area contributed by atoms with E-state index in [1.807, 2.05) is 30.3 Å². The lowest BCUT2D eigenvalue weighted by Crippen LogP contribution is -2.51. The molecule has 7 heteroatoms. The van der Waals surface area contributed by atoms with Crippen LogP contribution in [-0.4, -0.2) is 51.8 Å². The summed E-state index contributed by atoms with van der Waals surface area (Å²) in [5, 5.41) is 0. The third-order valence-electron chi connectivity index (χ3n) is 5.20. The van der Waals surface area contributed by atoms with Crippen molar-refractivity contribution in [1.82, 2.24) is 14.5 Å². The highest BCUT2D eigenvalue weighted by Gasteiger charge is 2.45. The average molecular weight is 369 g/mol. The van der Waals surface area contributed by atoms with Crippen molar-refractivity contribution >= 4 is 5.91 Å². The van der Waals surface area contributed by atoms with Gasteiger partial charge in [-0.25, -0.2) is 9.78 Å². The summed E-state index contributed by atoms with van der Waals surface area (Å²) >= 11 is 0. The van der Waals surface area contributed by atoms with Crippen LogP contribution in [0.25, 0.3) is 0 Å². The number of aromatic nitrogens is 2. The number of ether oxygens (including phenoxy) is 2. The van der Waals surface area contributed by atoms with Crippen molar-refractivity contribution in [3.8, 4) is 5.75 Å². The zero-order valence-electron chi connectivity index (χ0n) is 15.1. The highest BCUT2D eigenvalue weighted by molar-refractivity contribution is 5.76. The third kappa shape index (κ3) is 4.03. The second-order valence-corrected chi connectivity index (χ2v) is 7.20. The molecule has 2 aliphatic heterocycles. The molecule has 0 bridgehead atoms. The van der Waals surface area contributed by atoms with Crippen molar-refractivity contribution in [2.45, 2.75) is 37.5 Å². The van der Waals surface area contributed by atoms with Crippen molar-refractivity contribution in [3.05, 3.63) is 59.3 Å². The fraction of sp³-hybridized carbons (Fsp3) is 0.450. The van der Waals surface area contributed by atoms with Crippen molar-refractivity contribution in [3.63, 3.8) is 0 Å². The second-order valence-electron chi connectivity index (χ2n) is 7.20. The lowest BCUT2D eigenvalue weighted by molar-refractivity contribution is -0.139. The topological polar surface area (TPSA) is 73.7 Å². The van der Waals surface area contributed by atoms with Crippen LogP contribution >= 0.6 is 0 Å². The molecule has 0 saturated carbocycles. The molecule has 0 aliphatic carbocycles. The number of nitrogens with zero attached hydrogens (tertiary/aromatic N) is 3. The van der Waals surface area contributed by atoms with E-state index >= 15 is 0 Å². The highest BCUT2D eigenvalue weighted by atomic mass is 16.6. The Balaban J connectivity index is 1.38. The average Bonchev–Trinajstić information content (AvgIpc) is 3.06. The van der Waals surface area contributed by atoms with Crippen LogP contribution in [0, 0.1) is 0 Å². The molecular weight excluding hydrogens is 346 g/mol. The first kappa shape index (κ1) is 17.7. The molecule has 2 fully saturated rings. The molecule has 2 aromatic rings. The van der Waals surface area contributed by atoms with Crippen LogP contribution in [0.1, 0.15) is 19.3 Å². The first-order valence-corrected chi connectivity index (χ1v) is 9.28. The molecule has 2 atom stereocenters. The zero-order chi connectivity index (χ0) is 18.7. The van der Waals surface area contributed by atoms with E-state index < -0.39 is 5.69 Å². The minimum absolute atomic E-state index is 0.00664. The standard InChI is InChI=1S/C20H23N3O4/c24-18(13-22-11-5-9-21-19(22)25)23-10-4-8-20(15-23)12-17(14-26-20)27-16-6-2-1-3-7-16/h1-3,5-7,9,11,17H,4,8,10,12-15H2/t17-,20-/m1/s1. The number of amides is 1. The van der Waals surface area contributed by atoms with Crippen LogP contribution < -0.4 is 10.4 Å². The maximum atomic E-state index is 12.7. The van der Waals surface area contributed by atoms with Gasteiger partial charge >= 0.3 is 5.69 Å². The summed E-state index contributed by atoms with van der Waals surface area (Å²) in [7, 11) is 0. The quantitative estimate of drug-likeness (QED) is 0.816. The number of likely N-dealkylation sites (tertiary alicyclic amines) is 1. The summed E-state index contributed by atoms with van der Waals surface area (Å²) in [5.41, 5.74) is -0.765. The van der Waals surface area contributed by atoms with Gasteiger partial charge in [0.05, 0.1) is 12.2 Å². The summed E-state index contributed by atoms with van der Waals surface area (Å²) in [5.74, 6) is 0.753. The molecule has 7 nitrogen and oxygen atoms in total. The fourth-order valence-electron chi connectivity index (χ4n) is 3.92. The molecule has 1 spiro atoms. The number of piperidine rings is 1. The minimum Gasteiger partial charge on any atom is -0.488 e. The predicted octanol–water partition coefficient (Wildman–Crippen LogP) is 1.47. The number of para-hydroxylation sites is 1. The molecule has 1 aromatic heterocycles. The Hall–Kier alpha value is -2.67. The van der Waals surface area contributed by atoms with E-state index in [9.17, 15) is 9.59 Å². The van der Waals surface area contributed by atoms with Crippen LogP contribution in [0.3, 0.4) is 0 Å². The smallest absolute Gasteiger partial charge is 0.347 e. The SMILES string of the molecule is O=C(Cn1cccnc1=O)N1CCC[C@@]2(C[C@@H](Oc3ccccc3)CO2)C1. The van der Waals surface area contributed by atoms with E-state index in [2.05, 4.69) is 4.98 Å². The van der Waals surface area contributed by atoms with Crippen molar-refractivity contribution in [2.75, 3.05) is 19.7 Å². The van der Waals surface area contributed by atoms with Crippen molar-refractivity contribution < 1.29 is 14.3 Å². The van der Waals surface area contributed by atoms with Gasteiger partial charge < -0.3 is 14.4 Å². The van der Waals surface area contributed by atoms with E-state index in [-0.39, 0.29) is 24.2 Å². The number of carbonyl (C=O) groups is 1. The van der Waals surface area contributed by atoms with Gasteiger partial charge in [-0.1, -0.05) is 18.2 Å². The Morgan fingerprint density at radius 3 is 2.96 bits per heavy atom. The summed E-state index contributed by atoms with van der Waals surface area (Å²) in [6.45, 7) is 1.75. The van der Waals surface area contributed by atoms with Crippen LogP contribution in [0.4, 0.5) is 0 Å². The number of benzene rings is 1. The number of carbonyl (C=O) groups excluding carboxylic acids is 1. The van der Waals surface area contributed by atoms with Gasteiger partial charge in [0.15, 0.2) is 0 Å². The van der Waals surface area contributed by atoms with Gasteiger partial charge in [-0.15, -0.1) is 0 Å². The van der Waals surface area contributed by atoms with E-state index in [0.717, 1.165) is 25.0 Å². The number of hydrogen-bond donors (Lipinski definition) is 0. The van der Waals surface area contributed by atoms with E-state index in [1.165, 1.54) is 10.8 Å². The summed E-state index contributed by atoms with van der Waals surface area (Å²) in [6, 6.07) is 11.4. The molecule has 0 N–H and O–H groups in total. The molecule has 0 unspecified atom stereocenters. The van der Waals surface area contributed by atoms with E-state index in [0.29, 0.717) is 19.7 Å². The van der Waals surface area contributed by atoms with Crippen molar-refractivity contribution in [1.29, 1.82) is 0 Å². The van der Waals surface area contributed by atoms with Gasteiger partial charge in [-0.3, -0.25) is 9.36 Å². The molecule has 142 valence electrons. The zero-order valence-corrected chi connectivity index (χ0v) is 15.1. The van der Waals surface area contributed by atoms with Gasteiger partial charge in [0.25, 0.3) is 0 Å². The number of rotatable bonds is 4. The van der Waals surface area contributed by atoms with Crippen LogP contribution in [0.2, 0.25) is 0 Å². The van der Waals surface area contributed by atoms with Gasteiger partial charge in [0.1, 0.15) is 18.4 Å². The normalized spacial score (nSPS) is 24.9. The van der Waals surface area contributed by atoms with E-state index in [1.54, 1.807) is 17.2 Å². The monoisotopic (exact) mass is 369 g/mol. The molecule has 1 aromatic carbocycles. The third-order valence-corrected chi connectivity index (χ3v) is 5.20. The Labute approximate surface area is 157 Å². The molecule has 0 radical (unpaired) electrons. The Morgan fingerprint density at radius 1 is 1.30 bits per heavy atom. The minimum atomic E-state index is -0.411. The second kappa shape index (κ2) is 7.52. The molecule has 3 heterocycles. The predicted molar refractivity (Wildman–Crippen MR) is 98.5 cm³/mol. The maximum absolute atomic E-state index is 12.7. The number of hydrogen-bond acceptors (Lipinski definition) is 5. The first-order chi connectivity index (χ1) is 13.1. The highest BCUT2D eigenvalue weighted by Crippen LogP contribution is 2.36. The van der Waals surface area contributed by atoms with Crippen molar-refractivity contribution in [2.24, 2.45) is 0 Å². The lowest BCUT2D eigenvalue weighted by Gasteiger charge is -2.39. The molecule has 1 amide bonds. The Bertz CT molecular complexity index is 854. The molecular formula is C20H23N3O4. The maximum Gasteiger partial charge on any atom is 0.347 e. The summed E-state index contributed by atoms with van der Waals surface area (Å²) in [4.78, 5) is 29.9. The Kier molecular flexibility index (Phi) is 4.94. The van der Waals surface area contributed by atoms with Crippen LogP contribution in [-0.2, 0) is 16.1 Å². The molecule has 27 heavy (non-hydrogen) atoms. The van der Waals surface area contributed by atoms with E-state index in [4.69, 9.17) is 9.47 Å². The van der Waals surface area contributed by atoms with Gasteiger partial charge in [-0.05, 0) is 31.0 Å². The molecule has 2 saturated heterocycles. The fourth-order valence-corrected chi connectivity index (χ4v) is 3.92. The van der Waals surface area contributed by atoms with Gasteiger partial charge in [0, 0.05) is 31.9 Å². The summed E-state index contributed by atoms with van der Waals surface area (Å²) in [6.07, 6.45) is 5.56.